The average Bonchev–Trinajstić information content (AvgIpc) is 2.69. The lowest BCUT2D eigenvalue weighted by atomic mass is 9.48. The third-order valence-corrected chi connectivity index (χ3v) is 7.57. The molecule has 0 heterocycles. The molecule has 3 nitrogen and oxygen atoms in total. The summed E-state index contributed by atoms with van der Waals surface area (Å²) in [6, 6.07) is 16.5. The van der Waals surface area contributed by atoms with Gasteiger partial charge in [-0.15, -0.1) is 0 Å². The number of nitrogens with one attached hydrogen (secondary N) is 1. The molecule has 6 rings (SSSR count). The number of rotatable bonds is 5. The molecule has 1 amide bonds. The number of amides is 1. The van der Waals surface area contributed by atoms with Gasteiger partial charge in [-0.05, 0) is 105 Å². The van der Waals surface area contributed by atoms with Gasteiger partial charge in [0.15, 0.2) is 6.10 Å². The molecule has 4 aliphatic rings. The first-order chi connectivity index (χ1) is 14.0. The fourth-order valence-corrected chi connectivity index (χ4v) is 6.55. The zero-order valence-corrected chi connectivity index (χ0v) is 17.5. The third kappa shape index (κ3) is 3.56. The van der Waals surface area contributed by atoms with Crippen LogP contribution in [0.3, 0.4) is 0 Å². The largest absolute Gasteiger partial charge is 0.481 e. The topological polar surface area (TPSA) is 38.3 Å². The van der Waals surface area contributed by atoms with Crippen LogP contribution >= 0.6 is 0 Å². The standard InChI is InChI=1S/C26H31NO2/c1-17-5-3-4-6-24(17)29-18(2)25(28)27-23-9-7-22(8-10-23)26-14-19-11-20(15-26)13-21(12-19)16-26/h3-10,18-21H,11-16H2,1-2H3,(H,27,28)/t18-,19?,20?,21?,26?/m0/s1. The summed E-state index contributed by atoms with van der Waals surface area (Å²) < 4.78 is 5.86. The number of ether oxygens (including phenoxy) is 1. The number of anilines is 1. The van der Waals surface area contributed by atoms with Gasteiger partial charge in [-0.2, -0.15) is 0 Å². The Kier molecular flexibility index (Phi) is 4.64. The smallest absolute Gasteiger partial charge is 0.265 e. The minimum absolute atomic E-state index is 0.115. The van der Waals surface area contributed by atoms with Crippen molar-refractivity contribution in [2.75, 3.05) is 5.32 Å². The molecule has 0 aromatic heterocycles. The molecular formula is C26H31NO2. The van der Waals surface area contributed by atoms with Gasteiger partial charge in [-0.3, -0.25) is 4.79 Å². The fourth-order valence-electron chi connectivity index (χ4n) is 6.55. The molecule has 4 saturated carbocycles. The lowest BCUT2D eigenvalue weighted by Gasteiger charge is -2.57. The molecule has 1 N–H and O–H groups in total. The summed E-state index contributed by atoms with van der Waals surface area (Å²) in [5.74, 6) is 3.48. The van der Waals surface area contributed by atoms with Crippen molar-refractivity contribution in [1.29, 1.82) is 0 Å². The van der Waals surface area contributed by atoms with Gasteiger partial charge in [-0.1, -0.05) is 30.3 Å². The molecule has 0 aliphatic heterocycles. The van der Waals surface area contributed by atoms with Gasteiger partial charge < -0.3 is 10.1 Å². The molecule has 29 heavy (non-hydrogen) atoms. The van der Waals surface area contributed by atoms with Gasteiger partial charge in [0.05, 0.1) is 0 Å². The Labute approximate surface area is 173 Å². The Hall–Kier alpha value is -2.29. The second-order valence-electron chi connectivity index (χ2n) is 9.79. The van der Waals surface area contributed by atoms with Crippen LogP contribution in [0.15, 0.2) is 48.5 Å². The Bertz CT molecular complexity index is 866. The van der Waals surface area contributed by atoms with Crippen LogP contribution in [0.4, 0.5) is 5.69 Å². The number of hydrogen-bond acceptors (Lipinski definition) is 2. The van der Waals surface area contributed by atoms with E-state index in [9.17, 15) is 4.79 Å². The van der Waals surface area contributed by atoms with Crippen molar-refractivity contribution in [1.82, 2.24) is 0 Å². The molecule has 2 aromatic carbocycles. The highest BCUT2D eigenvalue weighted by Gasteiger charge is 2.51. The van der Waals surface area contributed by atoms with Crippen molar-refractivity contribution in [3.8, 4) is 5.75 Å². The highest BCUT2D eigenvalue weighted by Crippen LogP contribution is 2.60. The van der Waals surface area contributed by atoms with Crippen molar-refractivity contribution < 1.29 is 9.53 Å². The average molecular weight is 390 g/mol. The number of carbonyl (C=O) groups is 1. The molecule has 4 fully saturated rings. The number of hydrogen-bond donors (Lipinski definition) is 1. The maximum atomic E-state index is 12.6. The van der Waals surface area contributed by atoms with E-state index in [-0.39, 0.29) is 5.91 Å². The molecule has 4 aliphatic carbocycles. The van der Waals surface area contributed by atoms with Crippen molar-refractivity contribution >= 4 is 11.6 Å². The molecule has 0 saturated heterocycles. The maximum absolute atomic E-state index is 12.6. The van der Waals surface area contributed by atoms with E-state index in [1.807, 2.05) is 31.2 Å². The van der Waals surface area contributed by atoms with E-state index in [0.717, 1.165) is 34.8 Å². The molecule has 2 aromatic rings. The Morgan fingerprint density at radius 1 is 0.966 bits per heavy atom. The summed E-state index contributed by atoms with van der Waals surface area (Å²) in [5.41, 5.74) is 3.77. The quantitative estimate of drug-likeness (QED) is 0.694. The third-order valence-electron chi connectivity index (χ3n) is 7.57. The Morgan fingerprint density at radius 3 is 2.14 bits per heavy atom. The summed E-state index contributed by atoms with van der Waals surface area (Å²) in [5, 5.41) is 3.02. The Balaban J connectivity index is 1.25. The van der Waals surface area contributed by atoms with Crippen LogP contribution in [-0.4, -0.2) is 12.0 Å². The normalized spacial score (nSPS) is 30.8. The minimum Gasteiger partial charge on any atom is -0.481 e. The number of aryl methyl sites for hydroxylation is 1. The second kappa shape index (κ2) is 7.19. The minimum atomic E-state index is -0.543. The van der Waals surface area contributed by atoms with Gasteiger partial charge in [0.2, 0.25) is 0 Å². The first-order valence-electron chi connectivity index (χ1n) is 11.1. The predicted molar refractivity (Wildman–Crippen MR) is 116 cm³/mol. The van der Waals surface area contributed by atoms with Crippen LogP contribution in [0.2, 0.25) is 0 Å². The summed E-state index contributed by atoms with van der Waals surface area (Å²) in [7, 11) is 0. The van der Waals surface area contributed by atoms with Crippen molar-refractivity contribution in [2.24, 2.45) is 17.8 Å². The van der Waals surface area contributed by atoms with Crippen LogP contribution in [0.5, 0.6) is 5.75 Å². The highest BCUT2D eigenvalue weighted by atomic mass is 16.5. The Morgan fingerprint density at radius 2 is 1.55 bits per heavy atom. The first-order valence-corrected chi connectivity index (χ1v) is 11.1. The van der Waals surface area contributed by atoms with Gasteiger partial charge in [-0.25, -0.2) is 0 Å². The summed E-state index contributed by atoms with van der Waals surface area (Å²) in [4.78, 5) is 12.6. The lowest BCUT2D eigenvalue weighted by Crippen LogP contribution is -2.48. The van der Waals surface area contributed by atoms with Crippen molar-refractivity contribution in [3.63, 3.8) is 0 Å². The fraction of sp³-hybridized carbons (Fsp3) is 0.500. The SMILES string of the molecule is Cc1ccccc1O[C@@H](C)C(=O)Nc1ccc(C23CC4CC(CC(C4)C2)C3)cc1. The second-order valence-corrected chi connectivity index (χ2v) is 9.79. The van der Waals surface area contributed by atoms with E-state index in [1.165, 1.54) is 44.1 Å². The van der Waals surface area contributed by atoms with E-state index in [0.29, 0.717) is 5.41 Å². The van der Waals surface area contributed by atoms with Crippen molar-refractivity contribution in [2.45, 2.75) is 63.9 Å². The predicted octanol–water partition coefficient (Wildman–Crippen LogP) is 5.87. The molecule has 4 bridgehead atoms. The molecule has 152 valence electrons. The maximum Gasteiger partial charge on any atom is 0.265 e. The highest BCUT2D eigenvalue weighted by molar-refractivity contribution is 5.94. The summed E-state index contributed by atoms with van der Waals surface area (Å²) in [6.07, 6.45) is 7.95. The van der Waals surface area contributed by atoms with Gasteiger partial charge in [0, 0.05) is 5.69 Å². The van der Waals surface area contributed by atoms with E-state index in [2.05, 4.69) is 29.6 Å². The van der Waals surface area contributed by atoms with Crippen LogP contribution in [-0.2, 0) is 10.2 Å². The zero-order valence-electron chi connectivity index (χ0n) is 17.5. The van der Waals surface area contributed by atoms with Crippen LogP contribution in [0.1, 0.15) is 56.6 Å². The molecule has 0 spiro atoms. The van der Waals surface area contributed by atoms with E-state index >= 15 is 0 Å². The van der Waals surface area contributed by atoms with Crippen LogP contribution < -0.4 is 10.1 Å². The van der Waals surface area contributed by atoms with Crippen LogP contribution in [0, 0.1) is 24.7 Å². The number of benzene rings is 2. The molecule has 1 atom stereocenters. The van der Waals surface area contributed by atoms with Gasteiger partial charge >= 0.3 is 0 Å². The molecular weight excluding hydrogens is 358 g/mol. The molecule has 0 unspecified atom stereocenters. The van der Waals surface area contributed by atoms with Crippen LogP contribution in [0.25, 0.3) is 0 Å². The van der Waals surface area contributed by atoms with E-state index in [4.69, 9.17) is 4.74 Å². The van der Waals surface area contributed by atoms with E-state index in [1.54, 1.807) is 6.92 Å². The van der Waals surface area contributed by atoms with E-state index < -0.39 is 6.10 Å². The van der Waals surface area contributed by atoms with Gasteiger partial charge in [0.25, 0.3) is 5.91 Å². The molecule has 0 radical (unpaired) electrons. The number of para-hydroxylation sites is 1. The zero-order chi connectivity index (χ0) is 20.0. The number of carbonyl (C=O) groups excluding carboxylic acids is 1. The summed E-state index contributed by atoms with van der Waals surface area (Å²) >= 11 is 0. The summed E-state index contributed by atoms with van der Waals surface area (Å²) in [6.45, 7) is 3.79. The molecule has 3 heteroatoms. The first kappa shape index (κ1) is 18.7. The lowest BCUT2D eigenvalue weighted by molar-refractivity contribution is -0.122. The van der Waals surface area contributed by atoms with Crippen molar-refractivity contribution in [3.05, 3.63) is 59.7 Å². The monoisotopic (exact) mass is 389 g/mol. The van der Waals surface area contributed by atoms with Gasteiger partial charge in [0.1, 0.15) is 5.75 Å².